The van der Waals surface area contributed by atoms with Gasteiger partial charge in [0.25, 0.3) is 11.8 Å². The smallest absolute Gasteiger partial charge is 0.293 e. The van der Waals surface area contributed by atoms with Gasteiger partial charge in [0.2, 0.25) is 23.7 Å². The number of furan rings is 2. The van der Waals surface area contributed by atoms with Crippen LogP contribution in [-0.4, -0.2) is 42.7 Å². The molecule has 6 N–H and O–H groups in total. The SMILES string of the molecule is Cc1cc(C(N)=O)cc2nc(NC(=O)c3ccco3)n(C/C=C/Cn3c(NC(=O)c4ccco4)nc4cc(C(N)=O)ccc43)c12. The van der Waals surface area contributed by atoms with Gasteiger partial charge in [-0.05, 0) is 67.1 Å². The van der Waals surface area contributed by atoms with Crippen molar-refractivity contribution in [2.45, 2.75) is 20.0 Å². The number of nitrogens with one attached hydrogen (secondary N) is 2. The van der Waals surface area contributed by atoms with Crippen molar-refractivity contribution in [3.63, 3.8) is 0 Å². The van der Waals surface area contributed by atoms with Crippen LogP contribution < -0.4 is 22.1 Å². The molecule has 0 atom stereocenters. The number of hydrogen-bond donors (Lipinski definition) is 4. The number of fused-ring (bicyclic) bond motifs is 2. The zero-order valence-corrected chi connectivity index (χ0v) is 23.8. The molecular formula is C31H26N8O6. The van der Waals surface area contributed by atoms with Crippen LogP contribution in [0.4, 0.5) is 11.9 Å². The van der Waals surface area contributed by atoms with Gasteiger partial charge < -0.3 is 29.4 Å². The predicted octanol–water partition coefficient (Wildman–Crippen LogP) is 3.84. The molecular weight excluding hydrogens is 580 g/mol. The average molecular weight is 607 g/mol. The molecule has 0 unspecified atom stereocenters. The van der Waals surface area contributed by atoms with Crippen molar-refractivity contribution in [2.24, 2.45) is 11.5 Å². The summed E-state index contributed by atoms with van der Waals surface area (Å²) in [5, 5.41) is 5.53. The van der Waals surface area contributed by atoms with E-state index in [0.29, 0.717) is 27.6 Å². The number of carbonyl (C=O) groups excluding carboxylic acids is 4. The Hall–Kier alpha value is -6.44. The molecule has 0 fully saturated rings. The van der Waals surface area contributed by atoms with Crippen LogP contribution >= 0.6 is 0 Å². The Balaban J connectivity index is 1.32. The van der Waals surface area contributed by atoms with Crippen molar-refractivity contribution in [1.29, 1.82) is 0 Å². The lowest BCUT2D eigenvalue weighted by Gasteiger charge is -2.10. The van der Waals surface area contributed by atoms with Crippen molar-refractivity contribution in [3.8, 4) is 0 Å². The minimum absolute atomic E-state index is 0.105. The maximum Gasteiger partial charge on any atom is 0.293 e. The highest BCUT2D eigenvalue weighted by Gasteiger charge is 2.19. The summed E-state index contributed by atoms with van der Waals surface area (Å²) in [7, 11) is 0. The Morgan fingerprint density at radius 3 is 1.89 bits per heavy atom. The quantitative estimate of drug-likeness (QED) is 0.168. The molecule has 4 heterocycles. The molecule has 0 saturated heterocycles. The molecule has 4 aromatic heterocycles. The molecule has 6 aromatic rings. The molecule has 0 aliphatic rings. The summed E-state index contributed by atoms with van der Waals surface area (Å²) < 4.78 is 14.0. The van der Waals surface area contributed by atoms with E-state index in [1.54, 1.807) is 51.6 Å². The Bertz CT molecular complexity index is 2120. The molecule has 0 aliphatic carbocycles. The van der Waals surface area contributed by atoms with Gasteiger partial charge in [0, 0.05) is 24.2 Å². The number of allylic oxidation sites excluding steroid dienone is 2. The summed E-state index contributed by atoms with van der Waals surface area (Å²) in [5.41, 5.74) is 14.5. The second-order valence-corrected chi connectivity index (χ2v) is 10.0. The van der Waals surface area contributed by atoms with Gasteiger partial charge in [0.15, 0.2) is 11.5 Å². The first kappa shape index (κ1) is 28.7. The molecule has 0 bridgehead atoms. The van der Waals surface area contributed by atoms with Crippen LogP contribution in [-0.2, 0) is 13.1 Å². The van der Waals surface area contributed by atoms with Crippen LogP contribution in [0.15, 0.2) is 88.1 Å². The second kappa shape index (κ2) is 11.7. The van der Waals surface area contributed by atoms with Crippen molar-refractivity contribution in [3.05, 3.63) is 107 Å². The van der Waals surface area contributed by atoms with Gasteiger partial charge in [-0.3, -0.25) is 29.8 Å². The number of aryl methyl sites for hydroxylation is 1. The topological polar surface area (TPSA) is 206 Å². The van der Waals surface area contributed by atoms with Gasteiger partial charge >= 0.3 is 0 Å². The van der Waals surface area contributed by atoms with Crippen molar-refractivity contribution < 1.29 is 28.0 Å². The van der Waals surface area contributed by atoms with Gasteiger partial charge in [-0.15, -0.1) is 0 Å². The van der Waals surface area contributed by atoms with E-state index in [-0.39, 0.29) is 42.1 Å². The lowest BCUT2D eigenvalue weighted by molar-refractivity contribution is 0.0988. The number of anilines is 2. The Morgan fingerprint density at radius 1 is 0.756 bits per heavy atom. The normalized spacial score (nSPS) is 11.4. The largest absolute Gasteiger partial charge is 0.459 e. The standard InChI is InChI=1S/C31H26N8O6/c1-17-14-19(27(33)41)16-21-25(17)39(31(35-21)37-29(43)24-7-5-13-45-24)11-3-2-10-38-22-9-8-18(26(32)40)15-20(22)34-30(38)36-28(42)23-6-4-12-44-23/h2-9,12-16H,10-11H2,1H3,(H2,32,40)(H2,33,41)(H,34,36,42)(H,35,37,43)/b3-2+. The zero-order valence-electron chi connectivity index (χ0n) is 23.8. The number of hydrogen-bond acceptors (Lipinski definition) is 8. The highest BCUT2D eigenvalue weighted by Crippen LogP contribution is 2.26. The summed E-state index contributed by atoms with van der Waals surface area (Å²) in [6.07, 6.45) is 6.49. The summed E-state index contributed by atoms with van der Waals surface area (Å²) in [6.45, 7) is 2.36. The van der Waals surface area contributed by atoms with Gasteiger partial charge in [-0.25, -0.2) is 9.97 Å². The van der Waals surface area contributed by atoms with Crippen LogP contribution in [0, 0.1) is 6.92 Å². The fourth-order valence-electron chi connectivity index (χ4n) is 4.96. The molecule has 6 rings (SSSR count). The van der Waals surface area contributed by atoms with Crippen LogP contribution in [0.5, 0.6) is 0 Å². The monoisotopic (exact) mass is 606 g/mol. The number of imidazole rings is 2. The van der Waals surface area contributed by atoms with Gasteiger partial charge in [0.05, 0.1) is 34.6 Å². The molecule has 0 aliphatic heterocycles. The summed E-state index contributed by atoms with van der Waals surface area (Å²) >= 11 is 0. The number of aromatic nitrogens is 4. The number of carbonyl (C=O) groups is 4. The van der Waals surface area contributed by atoms with E-state index in [1.807, 2.05) is 19.1 Å². The number of rotatable bonds is 10. The summed E-state index contributed by atoms with van der Waals surface area (Å²) in [4.78, 5) is 58.3. The third-order valence-electron chi connectivity index (χ3n) is 7.03. The van der Waals surface area contributed by atoms with Crippen LogP contribution in [0.25, 0.3) is 22.1 Å². The molecule has 0 radical (unpaired) electrons. The predicted molar refractivity (Wildman–Crippen MR) is 164 cm³/mol. The summed E-state index contributed by atoms with van der Waals surface area (Å²) in [5.74, 6) is -1.52. The average Bonchev–Trinajstić information content (AvgIpc) is 3.82. The molecule has 0 saturated carbocycles. The van der Waals surface area contributed by atoms with Crippen molar-refractivity contribution in [2.75, 3.05) is 10.6 Å². The molecule has 14 nitrogen and oxygen atoms in total. The van der Waals surface area contributed by atoms with E-state index in [1.165, 1.54) is 24.7 Å². The minimum Gasteiger partial charge on any atom is -0.459 e. The lowest BCUT2D eigenvalue weighted by atomic mass is 10.1. The first-order valence-electron chi connectivity index (χ1n) is 13.6. The first-order chi connectivity index (χ1) is 21.7. The Labute approximate surface area is 254 Å². The van der Waals surface area contributed by atoms with Gasteiger partial charge in [-0.2, -0.15) is 0 Å². The Morgan fingerprint density at radius 2 is 1.31 bits per heavy atom. The number of primary amides is 2. The zero-order chi connectivity index (χ0) is 31.7. The third-order valence-corrected chi connectivity index (χ3v) is 7.03. The summed E-state index contributed by atoms with van der Waals surface area (Å²) in [6, 6.07) is 14.3. The lowest BCUT2D eigenvalue weighted by Crippen LogP contribution is -2.16. The maximum atomic E-state index is 12.8. The molecule has 14 heteroatoms. The van der Waals surface area contributed by atoms with Crippen molar-refractivity contribution >= 4 is 57.6 Å². The van der Waals surface area contributed by atoms with Crippen molar-refractivity contribution in [1.82, 2.24) is 19.1 Å². The van der Waals surface area contributed by atoms with E-state index >= 15 is 0 Å². The van der Waals surface area contributed by atoms with E-state index in [2.05, 4.69) is 20.6 Å². The maximum absolute atomic E-state index is 12.8. The van der Waals surface area contributed by atoms with E-state index in [9.17, 15) is 19.2 Å². The third kappa shape index (κ3) is 5.67. The molecule has 2 aromatic carbocycles. The number of nitrogens with zero attached hydrogens (tertiary/aromatic N) is 4. The number of amides is 4. The fourth-order valence-corrected chi connectivity index (χ4v) is 4.96. The Kier molecular flexibility index (Phi) is 7.44. The van der Waals surface area contributed by atoms with E-state index in [4.69, 9.17) is 20.3 Å². The molecule has 0 spiro atoms. The fraction of sp³-hybridized carbons (Fsp3) is 0.0968. The molecule has 45 heavy (non-hydrogen) atoms. The first-order valence-corrected chi connectivity index (χ1v) is 13.6. The van der Waals surface area contributed by atoms with E-state index < -0.39 is 23.6 Å². The van der Waals surface area contributed by atoms with Crippen LogP contribution in [0.1, 0.15) is 47.4 Å². The molecule has 226 valence electrons. The minimum atomic E-state index is -0.603. The van der Waals surface area contributed by atoms with E-state index in [0.717, 1.165) is 5.56 Å². The van der Waals surface area contributed by atoms with Crippen LogP contribution in [0.2, 0.25) is 0 Å². The van der Waals surface area contributed by atoms with Gasteiger partial charge in [-0.1, -0.05) is 12.2 Å². The van der Waals surface area contributed by atoms with Gasteiger partial charge in [0.1, 0.15) is 0 Å². The molecule has 4 amide bonds. The second-order valence-electron chi connectivity index (χ2n) is 10.0. The van der Waals surface area contributed by atoms with Crippen LogP contribution in [0.3, 0.4) is 0 Å². The number of benzene rings is 2. The highest BCUT2D eigenvalue weighted by molar-refractivity contribution is 6.04. The number of nitrogens with two attached hydrogens (primary N) is 2. The highest BCUT2D eigenvalue weighted by atomic mass is 16.3.